The van der Waals surface area contributed by atoms with Gasteiger partial charge in [-0.05, 0) is 253 Å². The Morgan fingerprint density at radius 2 is 0.467 bits per heavy atom. The first-order valence-electron chi connectivity index (χ1n) is 20.0. The third kappa shape index (κ3) is 9.36. The highest BCUT2D eigenvalue weighted by Crippen LogP contribution is 2.43. The number of benzene rings is 7. The summed E-state index contributed by atoms with van der Waals surface area (Å²) in [5.74, 6) is 3.46. The SMILES string of the molecule is COc1cc(C)c(-c2cc(-c3cc(-c4c(C)cc(OC)cc4C)cc(-c4c(C)cc(OC)cc4C)c3)cc(-c3c(C)cc(OC)cc3C)c2)c(C)c1.Clc1ccccc1Cl. The van der Waals surface area contributed by atoms with Crippen molar-refractivity contribution >= 4 is 23.2 Å². The lowest BCUT2D eigenvalue weighted by atomic mass is 9.85. The van der Waals surface area contributed by atoms with Crippen molar-refractivity contribution in [3.8, 4) is 78.6 Å². The van der Waals surface area contributed by atoms with E-state index in [0.29, 0.717) is 10.0 Å². The molecule has 4 nitrogen and oxygen atoms in total. The van der Waals surface area contributed by atoms with Gasteiger partial charge in [-0.3, -0.25) is 0 Å². The van der Waals surface area contributed by atoms with Crippen molar-refractivity contribution in [2.24, 2.45) is 0 Å². The zero-order chi connectivity index (χ0) is 43.4. The molecule has 0 saturated carbocycles. The topological polar surface area (TPSA) is 36.9 Å². The molecule has 0 amide bonds. The molecule has 0 atom stereocenters. The van der Waals surface area contributed by atoms with Crippen molar-refractivity contribution in [1.29, 1.82) is 0 Å². The average Bonchev–Trinajstić information content (AvgIpc) is 3.20. The summed E-state index contributed by atoms with van der Waals surface area (Å²) in [5, 5.41) is 1.21. The Bertz CT molecular complexity index is 2280. The average molecular weight is 838 g/mol. The first kappa shape index (κ1) is 43.9. The molecule has 0 radical (unpaired) electrons. The lowest BCUT2D eigenvalue weighted by molar-refractivity contribution is 0.414. The zero-order valence-corrected chi connectivity index (χ0v) is 38.3. The molecule has 0 spiro atoms. The summed E-state index contributed by atoms with van der Waals surface area (Å²) in [4.78, 5) is 0. The number of rotatable bonds is 9. The Morgan fingerprint density at radius 1 is 0.283 bits per heavy atom. The van der Waals surface area contributed by atoms with Crippen LogP contribution in [0.5, 0.6) is 23.0 Å². The molecule has 0 fully saturated rings. The van der Waals surface area contributed by atoms with Crippen LogP contribution >= 0.6 is 23.2 Å². The molecule has 0 bridgehead atoms. The fourth-order valence-electron chi connectivity index (χ4n) is 8.59. The fraction of sp³-hybridized carbons (Fsp3) is 0.222. The smallest absolute Gasteiger partial charge is 0.119 e. The third-order valence-electron chi connectivity index (χ3n) is 11.1. The van der Waals surface area contributed by atoms with Crippen molar-refractivity contribution in [2.45, 2.75) is 55.4 Å². The number of hydrogen-bond donors (Lipinski definition) is 0. The van der Waals surface area contributed by atoms with Crippen molar-refractivity contribution in [2.75, 3.05) is 28.4 Å². The largest absolute Gasteiger partial charge is 0.497 e. The molecule has 0 aliphatic rings. The Labute approximate surface area is 366 Å². The molecule has 0 unspecified atom stereocenters. The van der Waals surface area contributed by atoms with Gasteiger partial charge in [0.2, 0.25) is 0 Å². The standard InChI is InChI=1S/C48H50O4.C6H4Cl2/c1-27-13-41(49-9)14-28(2)45(27)37-21-35(22-38(25-37)46-29(3)15-42(50-10)16-30(46)4)36-23-39(47-31(5)17-43(51-11)18-32(47)6)26-40(24-36)48-33(7)19-44(52-12)20-34(48)8;7-5-3-1-2-4-6(5)8/h13-26H,1-12H3;1-4H. The van der Waals surface area contributed by atoms with Crippen LogP contribution in [0.25, 0.3) is 55.6 Å². The van der Waals surface area contributed by atoms with Gasteiger partial charge in [0.1, 0.15) is 23.0 Å². The molecule has 0 aliphatic heterocycles. The molecule has 0 aliphatic carbocycles. The molecule has 308 valence electrons. The van der Waals surface area contributed by atoms with Crippen molar-refractivity contribution in [1.82, 2.24) is 0 Å². The van der Waals surface area contributed by atoms with Crippen molar-refractivity contribution < 1.29 is 18.9 Å². The Balaban J connectivity index is 0.000000676. The monoisotopic (exact) mass is 836 g/mol. The van der Waals surface area contributed by atoms with Gasteiger partial charge in [0.25, 0.3) is 0 Å². The van der Waals surface area contributed by atoms with Crippen molar-refractivity contribution in [3.63, 3.8) is 0 Å². The Kier molecular flexibility index (Phi) is 13.7. The molecule has 7 rings (SSSR count). The highest BCUT2D eigenvalue weighted by Gasteiger charge is 2.19. The normalized spacial score (nSPS) is 10.8. The van der Waals surface area contributed by atoms with E-state index >= 15 is 0 Å². The maximum Gasteiger partial charge on any atom is 0.119 e. The van der Waals surface area contributed by atoms with Crippen LogP contribution in [0, 0.1) is 55.4 Å². The second-order valence-corrected chi connectivity index (χ2v) is 16.4. The molecule has 7 aromatic rings. The van der Waals surface area contributed by atoms with E-state index in [1.165, 1.54) is 89.0 Å². The van der Waals surface area contributed by atoms with E-state index in [1.807, 2.05) is 12.1 Å². The Hall–Kier alpha value is -5.68. The second-order valence-electron chi connectivity index (χ2n) is 15.6. The number of methoxy groups -OCH3 is 4. The molecule has 0 N–H and O–H groups in total. The summed E-state index contributed by atoms with van der Waals surface area (Å²) in [6.45, 7) is 17.4. The molecule has 0 aromatic heterocycles. The van der Waals surface area contributed by atoms with Crippen LogP contribution in [0.15, 0.2) is 109 Å². The molecule has 6 heteroatoms. The quantitative estimate of drug-likeness (QED) is 0.145. The minimum atomic E-state index is 0.606. The summed E-state index contributed by atoms with van der Waals surface area (Å²) in [5.41, 5.74) is 21.2. The maximum atomic E-state index is 5.66. The first-order valence-corrected chi connectivity index (χ1v) is 20.7. The fourth-order valence-corrected chi connectivity index (χ4v) is 8.86. The molecule has 0 saturated heterocycles. The van der Waals surface area contributed by atoms with Gasteiger partial charge in [0.15, 0.2) is 0 Å². The number of ether oxygens (including phenoxy) is 4. The first-order chi connectivity index (χ1) is 28.6. The van der Waals surface area contributed by atoms with E-state index in [9.17, 15) is 0 Å². The van der Waals surface area contributed by atoms with Crippen LogP contribution in [0.1, 0.15) is 44.5 Å². The molecular weight excluding hydrogens is 783 g/mol. The van der Waals surface area contributed by atoms with Crippen molar-refractivity contribution in [3.05, 3.63) is 164 Å². The van der Waals surface area contributed by atoms with Gasteiger partial charge in [-0.25, -0.2) is 0 Å². The van der Waals surface area contributed by atoms with Gasteiger partial charge in [-0.2, -0.15) is 0 Å². The van der Waals surface area contributed by atoms with Crippen LogP contribution in [0.4, 0.5) is 0 Å². The molecule has 7 aromatic carbocycles. The van der Waals surface area contributed by atoms with E-state index in [4.69, 9.17) is 42.1 Å². The van der Waals surface area contributed by atoms with Gasteiger partial charge in [0.05, 0.1) is 38.5 Å². The summed E-state index contributed by atoms with van der Waals surface area (Å²) >= 11 is 11.2. The summed E-state index contributed by atoms with van der Waals surface area (Å²) in [7, 11) is 6.91. The summed E-state index contributed by atoms with van der Waals surface area (Å²) in [6.07, 6.45) is 0. The van der Waals surface area contributed by atoms with E-state index in [0.717, 1.165) is 34.1 Å². The highest BCUT2D eigenvalue weighted by molar-refractivity contribution is 6.41. The van der Waals surface area contributed by atoms with Gasteiger partial charge < -0.3 is 18.9 Å². The van der Waals surface area contributed by atoms with Gasteiger partial charge >= 0.3 is 0 Å². The van der Waals surface area contributed by atoms with Crippen LogP contribution in [0.3, 0.4) is 0 Å². The summed E-state index contributed by atoms with van der Waals surface area (Å²) in [6, 6.07) is 38.3. The number of hydrogen-bond acceptors (Lipinski definition) is 4. The van der Waals surface area contributed by atoms with Crippen LogP contribution in [-0.2, 0) is 0 Å². The lowest BCUT2D eigenvalue weighted by Gasteiger charge is -2.20. The number of aryl methyl sites for hydroxylation is 8. The lowest BCUT2D eigenvalue weighted by Crippen LogP contribution is -1.97. The number of halogens is 2. The maximum absolute atomic E-state index is 5.66. The van der Waals surface area contributed by atoms with E-state index in [-0.39, 0.29) is 0 Å². The van der Waals surface area contributed by atoms with Crippen LogP contribution in [-0.4, -0.2) is 28.4 Å². The van der Waals surface area contributed by atoms with E-state index in [2.05, 4.69) is 140 Å². The second kappa shape index (κ2) is 18.7. The van der Waals surface area contributed by atoms with Gasteiger partial charge in [-0.1, -0.05) is 35.3 Å². The minimum Gasteiger partial charge on any atom is -0.497 e. The highest BCUT2D eigenvalue weighted by atomic mass is 35.5. The van der Waals surface area contributed by atoms with Gasteiger partial charge in [-0.15, -0.1) is 0 Å². The third-order valence-corrected chi connectivity index (χ3v) is 11.9. The zero-order valence-electron chi connectivity index (χ0n) is 36.8. The molecule has 0 heterocycles. The van der Waals surface area contributed by atoms with Gasteiger partial charge in [0, 0.05) is 0 Å². The molecule has 60 heavy (non-hydrogen) atoms. The predicted molar refractivity (Wildman–Crippen MR) is 254 cm³/mol. The van der Waals surface area contributed by atoms with Crippen LogP contribution < -0.4 is 18.9 Å². The predicted octanol–water partition coefficient (Wildman–Crippen LogP) is 15.5. The van der Waals surface area contributed by atoms with E-state index < -0.39 is 0 Å². The molecular formula is C54H54Cl2O4. The summed E-state index contributed by atoms with van der Waals surface area (Å²) < 4.78 is 22.6. The minimum absolute atomic E-state index is 0.606. The Morgan fingerprint density at radius 3 is 0.633 bits per heavy atom. The van der Waals surface area contributed by atoms with Crippen LogP contribution in [0.2, 0.25) is 10.0 Å². The van der Waals surface area contributed by atoms with E-state index in [1.54, 1.807) is 40.6 Å².